The number of nitrogens with zero attached hydrogens (tertiary/aromatic N) is 2. The molecule has 0 bridgehead atoms. The average Bonchev–Trinajstić information content (AvgIpc) is 3.43. The summed E-state index contributed by atoms with van der Waals surface area (Å²) in [4.78, 5) is 0. The molecular weight excluding hydrogens is 332 g/mol. The molecule has 27 heavy (non-hydrogen) atoms. The summed E-state index contributed by atoms with van der Waals surface area (Å²) in [6, 6.07) is 17.0. The van der Waals surface area contributed by atoms with E-state index in [0.717, 1.165) is 24.3 Å². The Morgan fingerprint density at radius 3 is 2.37 bits per heavy atom. The molecule has 1 atom stereocenters. The van der Waals surface area contributed by atoms with E-state index in [1.165, 1.54) is 16.7 Å². The van der Waals surface area contributed by atoms with Crippen LogP contribution in [0.15, 0.2) is 64.8 Å². The number of fused-ring (bicyclic) bond motifs is 3. The number of hydrogen-bond acceptors (Lipinski definition) is 3. The van der Waals surface area contributed by atoms with Crippen molar-refractivity contribution in [3.63, 3.8) is 0 Å². The van der Waals surface area contributed by atoms with Crippen LogP contribution in [0.2, 0.25) is 0 Å². The summed E-state index contributed by atoms with van der Waals surface area (Å²) < 4.78 is 5.24. The quantitative estimate of drug-likeness (QED) is 0.523. The number of benzene rings is 2. The number of methoxy groups -OCH3 is 1. The van der Waals surface area contributed by atoms with Crippen LogP contribution >= 0.6 is 0 Å². The van der Waals surface area contributed by atoms with Gasteiger partial charge in [-0.15, -0.1) is 0 Å². The highest BCUT2D eigenvalue weighted by Crippen LogP contribution is 2.64. The SMILES string of the molecule is CCC12CC1=C(/C=N/N(C)c1ccc(OC)cc1)C(C)(C)c1ccccc12. The summed E-state index contributed by atoms with van der Waals surface area (Å²) in [6.45, 7) is 6.96. The summed E-state index contributed by atoms with van der Waals surface area (Å²) in [7, 11) is 3.68. The van der Waals surface area contributed by atoms with Crippen molar-refractivity contribution in [1.82, 2.24) is 0 Å². The van der Waals surface area contributed by atoms with E-state index in [9.17, 15) is 0 Å². The molecule has 140 valence electrons. The van der Waals surface area contributed by atoms with Crippen molar-refractivity contribution < 1.29 is 4.74 Å². The van der Waals surface area contributed by atoms with Gasteiger partial charge >= 0.3 is 0 Å². The van der Waals surface area contributed by atoms with Crippen LogP contribution in [-0.4, -0.2) is 20.4 Å². The topological polar surface area (TPSA) is 24.8 Å². The molecule has 2 aliphatic carbocycles. The fourth-order valence-electron chi connectivity index (χ4n) is 4.61. The molecule has 1 fully saturated rings. The van der Waals surface area contributed by atoms with E-state index >= 15 is 0 Å². The lowest BCUT2D eigenvalue weighted by Gasteiger charge is -2.36. The minimum Gasteiger partial charge on any atom is -0.497 e. The summed E-state index contributed by atoms with van der Waals surface area (Å²) in [5.74, 6) is 0.858. The molecule has 2 aliphatic rings. The van der Waals surface area contributed by atoms with Crippen LogP contribution in [0.4, 0.5) is 5.69 Å². The van der Waals surface area contributed by atoms with Crippen LogP contribution in [0.3, 0.4) is 0 Å². The first-order chi connectivity index (χ1) is 12.9. The molecule has 0 N–H and O–H groups in total. The second kappa shape index (κ2) is 6.26. The Labute approximate surface area is 162 Å². The van der Waals surface area contributed by atoms with Crippen LogP contribution in [0.5, 0.6) is 5.75 Å². The first kappa shape index (κ1) is 17.8. The van der Waals surface area contributed by atoms with Gasteiger partial charge in [0.05, 0.1) is 19.0 Å². The van der Waals surface area contributed by atoms with E-state index in [1.54, 1.807) is 12.7 Å². The third-order valence-electron chi connectivity index (χ3n) is 6.46. The van der Waals surface area contributed by atoms with Gasteiger partial charge in [0.15, 0.2) is 0 Å². The minimum atomic E-state index is -0.0225. The lowest BCUT2D eigenvalue weighted by molar-refractivity contribution is 0.415. The lowest BCUT2D eigenvalue weighted by atomic mass is 9.68. The molecule has 0 aromatic heterocycles. The Hall–Kier alpha value is -2.55. The van der Waals surface area contributed by atoms with Gasteiger partial charge in [0.1, 0.15) is 5.75 Å². The minimum absolute atomic E-state index is 0.0225. The van der Waals surface area contributed by atoms with Gasteiger partial charge in [0.2, 0.25) is 0 Å². The molecule has 0 aliphatic heterocycles. The van der Waals surface area contributed by atoms with Crippen molar-refractivity contribution in [2.45, 2.75) is 44.4 Å². The number of allylic oxidation sites excluding steroid dienone is 2. The van der Waals surface area contributed by atoms with Crippen molar-refractivity contribution in [3.8, 4) is 5.75 Å². The van der Waals surface area contributed by atoms with Crippen molar-refractivity contribution in [2.75, 3.05) is 19.2 Å². The second-order valence-electron chi connectivity index (χ2n) is 8.14. The van der Waals surface area contributed by atoms with Gasteiger partial charge in [-0.1, -0.05) is 50.6 Å². The highest BCUT2D eigenvalue weighted by atomic mass is 16.5. The zero-order chi connectivity index (χ0) is 19.2. The van der Waals surface area contributed by atoms with Crippen LogP contribution < -0.4 is 9.75 Å². The standard InChI is InChI=1S/C24H28N2O/c1-6-24-15-21(24)22(23(2,3)19-9-7-8-10-20(19)24)16-25-26(4)17-11-13-18(27-5)14-12-17/h7-14,16H,6,15H2,1-5H3/b25-16+. The van der Waals surface area contributed by atoms with Gasteiger partial charge in [-0.25, -0.2) is 0 Å². The molecule has 3 heteroatoms. The Morgan fingerprint density at radius 2 is 1.74 bits per heavy atom. The van der Waals surface area contributed by atoms with Gasteiger partial charge in [0, 0.05) is 17.9 Å². The molecular formula is C24H28N2O. The summed E-state index contributed by atoms with van der Waals surface area (Å²) in [5, 5.41) is 6.72. The molecule has 4 rings (SSSR count). The fraction of sp³-hybridized carbons (Fsp3) is 0.375. The van der Waals surface area contributed by atoms with E-state index in [0.29, 0.717) is 0 Å². The van der Waals surface area contributed by atoms with Gasteiger partial charge in [-0.2, -0.15) is 5.10 Å². The van der Waals surface area contributed by atoms with Gasteiger partial charge in [-0.05, 0) is 53.8 Å². The molecule has 2 aromatic carbocycles. The monoisotopic (exact) mass is 360 g/mol. The summed E-state index contributed by atoms with van der Waals surface area (Å²) in [6.07, 6.45) is 4.41. The molecule has 0 spiro atoms. The van der Waals surface area contributed by atoms with E-state index in [4.69, 9.17) is 9.84 Å². The van der Waals surface area contributed by atoms with E-state index < -0.39 is 0 Å². The molecule has 3 nitrogen and oxygen atoms in total. The van der Waals surface area contributed by atoms with Crippen molar-refractivity contribution >= 4 is 11.9 Å². The zero-order valence-electron chi connectivity index (χ0n) is 16.9. The maximum Gasteiger partial charge on any atom is 0.119 e. The normalized spacial score (nSPS) is 22.4. The largest absolute Gasteiger partial charge is 0.497 e. The second-order valence-corrected chi connectivity index (χ2v) is 8.14. The first-order valence-corrected chi connectivity index (χ1v) is 9.70. The highest BCUT2D eigenvalue weighted by molar-refractivity contribution is 5.89. The average molecular weight is 361 g/mol. The molecule has 2 aromatic rings. The maximum atomic E-state index is 5.24. The number of ether oxygens (including phenoxy) is 1. The van der Waals surface area contributed by atoms with E-state index in [1.807, 2.05) is 36.3 Å². The molecule has 0 saturated heterocycles. The summed E-state index contributed by atoms with van der Waals surface area (Å²) >= 11 is 0. The third kappa shape index (κ3) is 2.68. The maximum absolute atomic E-state index is 5.24. The zero-order valence-corrected chi connectivity index (χ0v) is 16.9. The van der Waals surface area contributed by atoms with Crippen LogP contribution in [0, 0.1) is 0 Å². The number of rotatable bonds is 5. The molecule has 0 radical (unpaired) electrons. The Kier molecular flexibility index (Phi) is 4.14. The van der Waals surface area contributed by atoms with Crippen molar-refractivity contribution in [2.24, 2.45) is 5.10 Å². The predicted molar refractivity (Wildman–Crippen MR) is 113 cm³/mol. The van der Waals surface area contributed by atoms with E-state index in [-0.39, 0.29) is 10.8 Å². The third-order valence-corrected chi connectivity index (χ3v) is 6.46. The lowest BCUT2D eigenvalue weighted by Crippen LogP contribution is -2.30. The highest BCUT2D eigenvalue weighted by Gasteiger charge is 2.56. The van der Waals surface area contributed by atoms with Gasteiger partial charge in [-0.3, -0.25) is 5.01 Å². The smallest absolute Gasteiger partial charge is 0.119 e. The predicted octanol–water partition coefficient (Wildman–Crippen LogP) is 5.46. The molecule has 0 heterocycles. The van der Waals surface area contributed by atoms with Crippen LogP contribution in [0.25, 0.3) is 0 Å². The van der Waals surface area contributed by atoms with Crippen molar-refractivity contribution in [3.05, 3.63) is 70.8 Å². The van der Waals surface area contributed by atoms with E-state index in [2.05, 4.69) is 51.3 Å². The van der Waals surface area contributed by atoms with Crippen LogP contribution in [0.1, 0.15) is 44.7 Å². The van der Waals surface area contributed by atoms with Crippen molar-refractivity contribution in [1.29, 1.82) is 0 Å². The molecule has 0 amide bonds. The Bertz CT molecular complexity index is 924. The van der Waals surface area contributed by atoms with Crippen LogP contribution in [-0.2, 0) is 10.8 Å². The number of hydrogen-bond donors (Lipinski definition) is 0. The fourth-order valence-corrected chi connectivity index (χ4v) is 4.61. The molecule has 1 saturated carbocycles. The first-order valence-electron chi connectivity index (χ1n) is 9.70. The number of anilines is 1. The van der Waals surface area contributed by atoms with Gasteiger partial charge < -0.3 is 4.74 Å². The molecule has 1 unspecified atom stereocenters. The number of hydrazone groups is 1. The van der Waals surface area contributed by atoms with Gasteiger partial charge in [0.25, 0.3) is 0 Å². The summed E-state index contributed by atoms with van der Waals surface area (Å²) in [5.41, 5.74) is 7.18. The Balaban J connectivity index is 1.68. The Morgan fingerprint density at radius 1 is 1.07 bits per heavy atom.